The summed E-state index contributed by atoms with van der Waals surface area (Å²) in [6.07, 6.45) is 6.25. The number of nitrogens with zero attached hydrogens (tertiary/aromatic N) is 3. The van der Waals surface area contributed by atoms with Crippen molar-refractivity contribution in [2.45, 2.75) is 45.3 Å². The van der Waals surface area contributed by atoms with Crippen LogP contribution < -0.4 is 5.73 Å². The van der Waals surface area contributed by atoms with E-state index < -0.39 is 0 Å². The van der Waals surface area contributed by atoms with Gasteiger partial charge < -0.3 is 5.73 Å². The molecule has 0 fully saturated rings. The maximum Gasteiger partial charge on any atom is 0.0538 e. The lowest BCUT2D eigenvalue weighted by atomic mass is 10.1. The zero-order valence-corrected chi connectivity index (χ0v) is 14.0. The highest BCUT2D eigenvalue weighted by molar-refractivity contribution is 7.09. The molecule has 0 spiro atoms. The molecule has 2 unspecified atom stereocenters. The number of thiophene rings is 1. The van der Waals surface area contributed by atoms with Crippen molar-refractivity contribution in [1.82, 2.24) is 14.7 Å². The Balaban J connectivity index is 2.04. The van der Waals surface area contributed by atoms with Gasteiger partial charge in [-0.15, -0.1) is 11.3 Å². The van der Waals surface area contributed by atoms with E-state index in [1.165, 1.54) is 10.4 Å². The molecule has 2 N–H and O–H groups in total. The maximum atomic E-state index is 6.02. The third-order valence-corrected chi connectivity index (χ3v) is 4.88. The molecule has 0 aliphatic rings. The van der Waals surface area contributed by atoms with Crippen LogP contribution >= 0.6 is 11.3 Å². The van der Waals surface area contributed by atoms with Crippen molar-refractivity contribution in [3.63, 3.8) is 0 Å². The average Bonchev–Trinajstić information content (AvgIpc) is 3.12. The molecule has 0 aliphatic heterocycles. The predicted octanol–water partition coefficient (Wildman–Crippen LogP) is 2.92. The molecule has 2 heterocycles. The first kappa shape index (κ1) is 16.2. The molecule has 2 aromatic rings. The summed E-state index contributed by atoms with van der Waals surface area (Å²) in [4.78, 5) is 3.79. The summed E-state index contributed by atoms with van der Waals surface area (Å²) in [6.45, 7) is 6.00. The summed E-state index contributed by atoms with van der Waals surface area (Å²) >= 11 is 1.82. The number of aromatic nitrogens is 2. The van der Waals surface area contributed by atoms with Gasteiger partial charge in [-0.2, -0.15) is 5.10 Å². The lowest BCUT2D eigenvalue weighted by Gasteiger charge is -2.31. The zero-order valence-electron chi connectivity index (χ0n) is 13.2. The number of nitrogens with two attached hydrogens (primary N) is 1. The first-order valence-corrected chi connectivity index (χ1v) is 8.50. The van der Waals surface area contributed by atoms with Gasteiger partial charge in [-0.25, -0.2) is 0 Å². The van der Waals surface area contributed by atoms with Crippen LogP contribution in [0.2, 0.25) is 0 Å². The molecule has 0 amide bonds. The Bertz CT molecular complexity index is 520. The van der Waals surface area contributed by atoms with E-state index in [2.05, 4.69) is 54.6 Å². The molecule has 4 nitrogen and oxygen atoms in total. The summed E-state index contributed by atoms with van der Waals surface area (Å²) < 4.78 is 2.01. The van der Waals surface area contributed by atoms with E-state index in [9.17, 15) is 0 Å². The summed E-state index contributed by atoms with van der Waals surface area (Å²) in [5.41, 5.74) is 7.24. The predicted molar refractivity (Wildman–Crippen MR) is 89.6 cm³/mol. The van der Waals surface area contributed by atoms with Crippen LogP contribution in [-0.4, -0.2) is 34.3 Å². The van der Waals surface area contributed by atoms with Gasteiger partial charge in [0.15, 0.2) is 0 Å². The molecule has 0 radical (unpaired) electrons. The minimum Gasteiger partial charge on any atom is -0.329 e. The van der Waals surface area contributed by atoms with Crippen molar-refractivity contribution in [2.75, 3.05) is 13.6 Å². The van der Waals surface area contributed by atoms with Crippen molar-refractivity contribution in [3.05, 3.63) is 40.3 Å². The number of aryl methyl sites for hydroxylation is 1. The topological polar surface area (TPSA) is 47.1 Å². The second-order valence-corrected chi connectivity index (χ2v) is 6.62. The molecule has 0 aromatic carbocycles. The molecule has 116 valence electrons. The van der Waals surface area contributed by atoms with Gasteiger partial charge in [0, 0.05) is 35.8 Å². The molecule has 2 aromatic heterocycles. The lowest BCUT2D eigenvalue weighted by molar-refractivity contribution is 0.188. The maximum absolute atomic E-state index is 6.02. The zero-order chi connectivity index (χ0) is 15.2. The molecule has 21 heavy (non-hydrogen) atoms. The van der Waals surface area contributed by atoms with Gasteiger partial charge in [0.2, 0.25) is 0 Å². The van der Waals surface area contributed by atoms with Crippen molar-refractivity contribution in [2.24, 2.45) is 5.73 Å². The molecular formula is C16H26N4S. The fourth-order valence-corrected chi connectivity index (χ4v) is 3.44. The van der Waals surface area contributed by atoms with E-state index in [4.69, 9.17) is 5.73 Å². The third-order valence-electron chi connectivity index (χ3n) is 3.98. The first-order valence-electron chi connectivity index (χ1n) is 7.62. The van der Waals surface area contributed by atoms with Crippen molar-refractivity contribution in [1.29, 1.82) is 0 Å². The van der Waals surface area contributed by atoms with Crippen LogP contribution in [0.25, 0.3) is 0 Å². The van der Waals surface area contributed by atoms with Crippen LogP contribution in [-0.2, 0) is 13.0 Å². The van der Waals surface area contributed by atoms with Gasteiger partial charge in [-0.05, 0) is 38.3 Å². The van der Waals surface area contributed by atoms with E-state index >= 15 is 0 Å². The van der Waals surface area contributed by atoms with Crippen LogP contribution in [0.5, 0.6) is 0 Å². The Labute approximate surface area is 131 Å². The average molecular weight is 306 g/mol. The van der Waals surface area contributed by atoms with Crippen LogP contribution in [0.4, 0.5) is 0 Å². The second-order valence-electron chi connectivity index (χ2n) is 5.59. The molecule has 0 saturated carbocycles. The summed E-state index contributed by atoms with van der Waals surface area (Å²) in [5.74, 6) is 0. The smallest absolute Gasteiger partial charge is 0.0538 e. The largest absolute Gasteiger partial charge is 0.329 e. The summed E-state index contributed by atoms with van der Waals surface area (Å²) in [7, 11) is 2.16. The molecule has 5 heteroatoms. The van der Waals surface area contributed by atoms with Gasteiger partial charge in [0.25, 0.3) is 0 Å². The molecule has 0 aliphatic carbocycles. The number of likely N-dealkylation sites (N-methyl/N-ethyl adjacent to an activating group) is 1. The van der Waals surface area contributed by atoms with Gasteiger partial charge >= 0.3 is 0 Å². The molecule has 2 atom stereocenters. The monoisotopic (exact) mass is 306 g/mol. The Morgan fingerprint density at radius 2 is 2.29 bits per heavy atom. The van der Waals surface area contributed by atoms with E-state index in [0.717, 1.165) is 19.4 Å². The molecule has 2 rings (SSSR count). The van der Waals surface area contributed by atoms with Gasteiger partial charge in [0.1, 0.15) is 0 Å². The van der Waals surface area contributed by atoms with Crippen LogP contribution in [0.1, 0.15) is 36.8 Å². The SMILES string of the molecule is CCCn1cc(C(CN)N(C)C(C)Cc2cccs2)cn1. The Morgan fingerprint density at radius 3 is 2.90 bits per heavy atom. The minimum absolute atomic E-state index is 0.227. The number of rotatable bonds is 8. The Kier molecular flexibility index (Phi) is 5.96. The normalized spacial score (nSPS) is 14.5. The first-order chi connectivity index (χ1) is 10.2. The summed E-state index contributed by atoms with van der Waals surface area (Å²) in [6, 6.07) is 4.99. The number of hydrogen-bond donors (Lipinski definition) is 1. The highest BCUT2D eigenvalue weighted by Gasteiger charge is 2.22. The van der Waals surface area contributed by atoms with Crippen molar-refractivity contribution < 1.29 is 0 Å². The fourth-order valence-electron chi connectivity index (χ4n) is 2.61. The van der Waals surface area contributed by atoms with Crippen LogP contribution in [0.15, 0.2) is 29.9 Å². The molecule has 0 bridgehead atoms. The van der Waals surface area contributed by atoms with E-state index in [1.807, 2.05) is 22.2 Å². The highest BCUT2D eigenvalue weighted by atomic mass is 32.1. The standard InChI is InChI=1S/C16H26N4S/c1-4-7-20-12-14(11-18-20)16(10-17)19(3)13(2)9-15-6-5-8-21-15/h5-6,8,11-13,16H,4,7,9-10,17H2,1-3H3. The Morgan fingerprint density at radius 1 is 1.48 bits per heavy atom. The summed E-state index contributed by atoms with van der Waals surface area (Å²) in [5, 5.41) is 6.56. The molecule has 0 saturated heterocycles. The van der Waals surface area contributed by atoms with Gasteiger partial charge in [-0.1, -0.05) is 13.0 Å². The van der Waals surface area contributed by atoms with E-state index in [-0.39, 0.29) is 6.04 Å². The van der Waals surface area contributed by atoms with E-state index in [0.29, 0.717) is 12.6 Å². The third kappa shape index (κ3) is 4.15. The highest BCUT2D eigenvalue weighted by Crippen LogP contribution is 2.22. The van der Waals surface area contributed by atoms with E-state index in [1.54, 1.807) is 0 Å². The minimum atomic E-state index is 0.227. The van der Waals surface area contributed by atoms with Crippen molar-refractivity contribution in [3.8, 4) is 0 Å². The van der Waals surface area contributed by atoms with Crippen molar-refractivity contribution >= 4 is 11.3 Å². The second kappa shape index (κ2) is 7.73. The molecular weight excluding hydrogens is 280 g/mol. The number of hydrogen-bond acceptors (Lipinski definition) is 4. The fraction of sp³-hybridized carbons (Fsp3) is 0.562. The van der Waals surface area contributed by atoms with Gasteiger partial charge in [0.05, 0.1) is 12.2 Å². The Hall–Kier alpha value is -1.17. The lowest BCUT2D eigenvalue weighted by Crippen LogP contribution is -2.38. The quantitative estimate of drug-likeness (QED) is 0.815. The van der Waals surface area contributed by atoms with Crippen LogP contribution in [0.3, 0.4) is 0 Å². The van der Waals surface area contributed by atoms with Gasteiger partial charge in [-0.3, -0.25) is 9.58 Å². The van der Waals surface area contributed by atoms with Crippen LogP contribution in [0, 0.1) is 0 Å².